The molecule has 0 saturated carbocycles. The minimum atomic E-state index is -0.500. The normalized spacial score (nSPS) is 16.8. The van der Waals surface area contributed by atoms with Crippen molar-refractivity contribution in [3.05, 3.63) is 55.8 Å². The lowest BCUT2D eigenvalue weighted by molar-refractivity contribution is -0.133. The van der Waals surface area contributed by atoms with E-state index in [1.165, 1.54) is 16.8 Å². The van der Waals surface area contributed by atoms with Crippen molar-refractivity contribution in [3.63, 3.8) is 0 Å². The summed E-state index contributed by atoms with van der Waals surface area (Å²) in [5.41, 5.74) is 0.00205. The summed E-state index contributed by atoms with van der Waals surface area (Å²) in [4.78, 5) is 43.9. The van der Waals surface area contributed by atoms with Gasteiger partial charge >= 0.3 is 5.69 Å². The Morgan fingerprint density at radius 2 is 2.24 bits per heavy atom. The predicted octanol–water partition coefficient (Wildman–Crippen LogP) is 1.52. The summed E-state index contributed by atoms with van der Waals surface area (Å²) in [6, 6.07) is 3.23. The fraction of sp³-hybridized carbons (Fsp3) is 0.421. The molecule has 10 heteroatoms. The molecule has 1 aliphatic rings. The summed E-state index contributed by atoms with van der Waals surface area (Å²) in [5.74, 6) is 1.44. The Hall–Kier alpha value is -3.01. The SMILES string of the molecule is O=C(CCn1ccc(=O)[nH]c1=O)N1CCCC(Cc2nc(-c3ccsc3)no2)C1. The second kappa shape index (κ2) is 8.56. The molecule has 3 aromatic rings. The maximum atomic E-state index is 12.6. The van der Waals surface area contributed by atoms with Crippen molar-refractivity contribution in [3.8, 4) is 11.4 Å². The van der Waals surface area contributed by atoms with Gasteiger partial charge in [0, 0.05) is 55.7 Å². The van der Waals surface area contributed by atoms with Gasteiger partial charge in [-0.2, -0.15) is 16.3 Å². The highest BCUT2D eigenvalue weighted by Gasteiger charge is 2.25. The molecule has 1 amide bonds. The summed E-state index contributed by atoms with van der Waals surface area (Å²) in [7, 11) is 0. The number of likely N-dealkylation sites (tertiary alicyclic amines) is 1. The lowest BCUT2D eigenvalue weighted by Gasteiger charge is -2.32. The van der Waals surface area contributed by atoms with Gasteiger partial charge in [0.15, 0.2) is 0 Å². The van der Waals surface area contributed by atoms with Crippen LogP contribution in [0.3, 0.4) is 0 Å². The van der Waals surface area contributed by atoms with Gasteiger partial charge in [0.05, 0.1) is 0 Å². The number of aromatic amines is 1. The number of carbonyl (C=O) groups is 1. The molecule has 1 saturated heterocycles. The van der Waals surface area contributed by atoms with Crippen LogP contribution in [0, 0.1) is 5.92 Å². The first-order valence-electron chi connectivity index (χ1n) is 9.51. The van der Waals surface area contributed by atoms with Crippen LogP contribution in [0.15, 0.2) is 43.2 Å². The van der Waals surface area contributed by atoms with E-state index in [0.29, 0.717) is 31.2 Å². The van der Waals surface area contributed by atoms with E-state index in [0.717, 1.165) is 18.4 Å². The van der Waals surface area contributed by atoms with Crippen molar-refractivity contribution in [1.29, 1.82) is 0 Å². The van der Waals surface area contributed by atoms with Gasteiger partial charge in [-0.3, -0.25) is 14.6 Å². The molecule has 0 spiro atoms. The molecule has 3 aromatic heterocycles. The zero-order valence-corrected chi connectivity index (χ0v) is 16.6. The van der Waals surface area contributed by atoms with Gasteiger partial charge in [-0.15, -0.1) is 0 Å². The van der Waals surface area contributed by atoms with Gasteiger partial charge in [0.25, 0.3) is 5.56 Å². The summed E-state index contributed by atoms with van der Waals surface area (Å²) in [5, 5.41) is 7.98. The lowest BCUT2D eigenvalue weighted by atomic mass is 9.94. The largest absolute Gasteiger partial charge is 0.342 e. The van der Waals surface area contributed by atoms with E-state index < -0.39 is 11.2 Å². The van der Waals surface area contributed by atoms with Crippen LogP contribution in [-0.4, -0.2) is 43.6 Å². The Kier molecular flexibility index (Phi) is 5.70. The first kappa shape index (κ1) is 19.3. The summed E-state index contributed by atoms with van der Waals surface area (Å²) in [6.45, 7) is 1.58. The van der Waals surface area contributed by atoms with Crippen LogP contribution in [-0.2, 0) is 17.8 Å². The fourth-order valence-electron chi connectivity index (χ4n) is 3.55. The Balaban J connectivity index is 1.32. The van der Waals surface area contributed by atoms with Gasteiger partial charge < -0.3 is 14.0 Å². The van der Waals surface area contributed by atoms with E-state index in [-0.39, 0.29) is 24.8 Å². The molecule has 1 N–H and O–H groups in total. The number of hydrogen-bond acceptors (Lipinski definition) is 7. The zero-order valence-electron chi connectivity index (χ0n) is 15.7. The number of carbonyl (C=O) groups excluding carboxylic acids is 1. The number of piperidine rings is 1. The molecule has 1 aliphatic heterocycles. The number of amides is 1. The van der Waals surface area contributed by atoms with Crippen LogP contribution in [0.25, 0.3) is 11.4 Å². The number of hydrogen-bond donors (Lipinski definition) is 1. The van der Waals surface area contributed by atoms with E-state index in [1.54, 1.807) is 11.3 Å². The number of nitrogens with one attached hydrogen (secondary N) is 1. The summed E-state index contributed by atoms with van der Waals surface area (Å²) >= 11 is 1.58. The quantitative estimate of drug-likeness (QED) is 0.653. The average molecular weight is 415 g/mol. The first-order valence-corrected chi connectivity index (χ1v) is 10.5. The molecule has 0 aliphatic carbocycles. The number of aryl methyl sites for hydroxylation is 1. The van der Waals surface area contributed by atoms with Crippen LogP contribution in [0.4, 0.5) is 0 Å². The molecular formula is C19H21N5O4S. The van der Waals surface area contributed by atoms with Gasteiger partial charge in [-0.05, 0) is 30.2 Å². The Morgan fingerprint density at radius 1 is 1.34 bits per heavy atom. The van der Waals surface area contributed by atoms with Crippen molar-refractivity contribution in [2.75, 3.05) is 13.1 Å². The minimum absolute atomic E-state index is 0.00251. The van der Waals surface area contributed by atoms with Gasteiger partial charge in [0.1, 0.15) is 0 Å². The predicted molar refractivity (Wildman–Crippen MR) is 107 cm³/mol. The van der Waals surface area contributed by atoms with E-state index in [1.807, 2.05) is 21.7 Å². The highest BCUT2D eigenvalue weighted by atomic mass is 32.1. The highest BCUT2D eigenvalue weighted by Crippen LogP contribution is 2.23. The Bertz CT molecular complexity index is 1080. The summed E-state index contributed by atoms with van der Waals surface area (Å²) in [6.07, 6.45) is 4.18. The molecule has 9 nitrogen and oxygen atoms in total. The van der Waals surface area contributed by atoms with E-state index in [9.17, 15) is 14.4 Å². The Morgan fingerprint density at radius 3 is 3.03 bits per heavy atom. The van der Waals surface area contributed by atoms with Gasteiger partial charge in [0.2, 0.25) is 17.6 Å². The molecule has 1 unspecified atom stereocenters. The third-order valence-electron chi connectivity index (χ3n) is 5.05. The van der Waals surface area contributed by atoms with E-state index in [2.05, 4.69) is 15.1 Å². The van der Waals surface area contributed by atoms with Crippen LogP contribution in [0.5, 0.6) is 0 Å². The van der Waals surface area contributed by atoms with Crippen LogP contribution in [0.2, 0.25) is 0 Å². The van der Waals surface area contributed by atoms with Crippen LogP contribution >= 0.6 is 11.3 Å². The van der Waals surface area contributed by atoms with Crippen molar-refractivity contribution >= 4 is 17.2 Å². The van der Waals surface area contributed by atoms with Crippen molar-refractivity contribution < 1.29 is 9.32 Å². The van der Waals surface area contributed by atoms with Crippen LogP contribution in [0.1, 0.15) is 25.2 Å². The molecule has 1 atom stereocenters. The van der Waals surface area contributed by atoms with Gasteiger partial charge in [-0.25, -0.2) is 4.79 Å². The topological polar surface area (TPSA) is 114 Å². The highest BCUT2D eigenvalue weighted by molar-refractivity contribution is 7.08. The van der Waals surface area contributed by atoms with E-state index in [4.69, 9.17) is 4.52 Å². The smallest absolute Gasteiger partial charge is 0.328 e. The zero-order chi connectivity index (χ0) is 20.2. The molecule has 152 valence electrons. The van der Waals surface area contributed by atoms with Crippen molar-refractivity contribution in [1.82, 2.24) is 24.6 Å². The molecule has 0 bridgehead atoms. The number of rotatable bonds is 6. The number of aromatic nitrogens is 4. The lowest BCUT2D eigenvalue weighted by Crippen LogP contribution is -2.41. The maximum absolute atomic E-state index is 12.6. The minimum Gasteiger partial charge on any atom is -0.342 e. The third-order valence-corrected chi connectivity index (χ3v) is 5.73. The second-order valence-corrected chi connectivity index (χ2v) is 7.91. The van der Waals surface area contributed by atoms with Crippen LogP contribution < -0.4 is 11.2 Å². The summed E-state index contributed by atoms with van der Waals surface area (Å²) < 4.78 is 6.73. The van der Waals surface area contributed by atoms with Crippen molar-refractivity contribution in [2.24, 2.45) is 5.92 Å². The molecule has 0 radical (unpaired) electrons. The van der Waals surface area contributed by atoms with Crippen molar-refractivity contribution in [2.45, 2.75) is 32.2 Å². The maximum Gasteiger partial charge on any atom is 0.328 e. The average Bonchev–Trinajstić information content (AvgIpc) is 3.39. The fourth-order valence-corrected chi connectivity index (χ4v) is 4.18. The Labute approximate surface area is 170 Å². The van der Waals surface area contributed by atoms with Gasteiger partial charge in [-0.1, -0.05) is 5.16 Å². The monoisotopic (exact) mass is 415 g/mol. The molecule has 4 rings (SSSR count). The molecular weight excluding hydrogens is 394 g/mol. The molecule has 29 heavy (non-hydrogen) atoms. The molecule has 1 fully saturated rings. The second-order valence-electron chi connectivity index (χ2n) is 7.13. The number of H-pyrrole nitrogens is 1. The first-order chi connectivity index (χ1) is 14.1. The molecule has 0 aromatic carbocycles. The number of nitrogens with zero attached hydrogens (tertiary/aromatic N) is 4. The third kappa shape index (κ3) is 4.70. The van der Waals surface area contributed by atoms with E-state index >= 15 is 0 Å². The standard InChI is InChI=1S/C19H21N5O4S/c25-15-3-7-23(19(27)20-15)8-4-17(26)24-6-1-2-13(11-24)10-16-21-18(22-28-16)14-5-9-29-12-14/h3,5,7,9,12-13H,1-2,4,6,8,10-11H2,(H,20,25,27). The molecule has 4 heterocycles. The number of thiophene rings is 1.